The molecular weight excluding hydrogens is 272 g/mol. The zero-order valence-electron chi connectivity index (χ0n) is 12.3. The van der Waals surface area contributed by atoms with Crippen molar-refractivity contribution in [2.24, 2.45) is 5.73 Å². The van der Waals surface area contributed by atoms with Gasteiger partial charge in [-0.3, -0.25) is 4.79 Å². The second-order valence-electron chi connectivity index (χ2n) is 4.94. The van der Waals surface area contributed by atoms with E-state index in [1.165, 1.54) is 0 Å². The van der Waals surface area contributed by atoms with Gasteiger partial charge in [-0.2, -0.15) is 0 Å². The molecule has 1 aromatic carbocycles. The second kappa shape index (κ2) is 7.85. The second-order valence-corrected chi connectivity index (χ2v) is 4.94. The van der Waals surface area contributed by atoms with Crippen molar-refractivity contribution in [3.8, 4) is 11.5 Å². The van der Waals surface area contributed by atoms with E-state index in [4.69, 9.17) is 19.9 Å². The summed E-state index contributed by atoms with van der Waals surface area (Å²) in [6, 6.07) is 4.80. The number of anilines is 1. The lowest BCUT2D eigenvalue weighted by Crippen LogP contribution is -2.35. The zero-order valence-corrected chi connectivity index (χ0v) is 12.3. The average Bonchev–Trinajstić information content (AvgIpc) is 2.72. The van der Waals surface area contributed by atoms with Crippen LogP contribution in [-0.2, 0) is 9.53 Å². The lowest BCUT2D eigenvalue weighted by Gasteiger charge is -2.13. The summed E-state index contributed by atoms with van der Waals surface area (Å²) in [4.78, 5) is 12.0. The predicted molar refractivity (Wildman–Crippen MR) is 79.8 cm³/mol. The van der Waals surface area contributed by atoms with Crippen LogP contribution in [0.25, 0.3) is 0 Å². The minimum atomic E-state index is -0.545. The highest BCUT2D eigenvalue weighted by Crippen LogP contribution is 2.32. The van der Waals surface area contributed by atoms with Crippen molar-refractivity contribution in [1.82, 2.24) is 0 Å². The Balaban J connectivity index is 1.93. The summed E-state index contributed by atoms with van der Waals surface area (Å²) < 4.78 is 16.1. The Morgan fingerprint density at radius 3 is 2.90 bits per heavy atom. The molecule has 0 saturated carbocycles. The monoisotopic (exact) mass is 294 g/mol. The largest absolute Gasteiger partial charge is 0.490 e. The normalized spacial score (nSPS) is 15.1. The standard InChI is InChI=1S/C15H22N2O4/c1-19-7-2-4-12(16)15(18)17-11-5-6-13-14(10-11)21-9-3-8-20-13/h5-6,10,12H,2-4,7-9,16H2,1H3,(H,17,18). The van der Waals surface area contributed by atoms with Crippen LogP contribution in [0.4, 0.5) is 5.69 Å². The van der Waals surface area contributed by atoms with E-state index in [9.17, 15) is 4.79 Å². The summed E-state index contributed by atoms with van der Waals surface area (Å²) in [6.07, 6.45) is 2.19. The van der Waals surface area contributed by atoms with Gasteiger partial charge in [-0.25, -0.2) is 0 Å². The molecule has 0 saturated heterocycles. The van der Waals surface area contributed by atoms with Crippen molar-refractivity contribution in [3.05, 3.63) is 18.2 Å². The molecule has 1 unspecified atom stereocenters. The summed E-state index contributed by atoms with van der Waals surface area (Å²) >= 11 is 0. The van der Waals surface area contributed by atoms with Gasteiger partial charge in [0.2, 0.25) is 5.91 Å². The Kier molecular flexibility index (Phi) is 5.83. The number of hydrogen-bond acceptors (Lipinski definition) is 5. The Bertz CT molecular complexity index is 479. The van der Waals surface area contributed by atoms with Gasteiger partial charge in [0.05, 0.1) is 19.3 Å². The molecule has 1 aliphatic heterocycles. The van der Waals surface area contributed by atoms with Crippen LogP contribution in [0, 0.1) is 0 Å². The third kappa shape index (κ3) is 4.61. The van der Waals surface area contributed by atoms with E-state index >= 15 is 0 Å². The number of carbonyl (C=O) groups excluding carboxylic acids is 1. The van der Waals surface area contributed by atoms with Crippen molar-refractivity contribution < 1.29 is 19.0 Å². The molecule has 1 atom stereocenters. The van der Waals surface area contributed by atoms with Crippen LogP contribution in [0.15, 0.2) is 18.2 Å². The van der Waals surface area contributed by atoms with Crippen LogP contribution in [-0.4, -0.2) is 38.9 Å². The first-order valence-electron chi connectivity index (χ1n) is 7.15. The zero-order chi connectivity index (χ0) is 15.1. The van der Waals surface area contributed by atoms with Gasteiger partial charge in [0, 0.05) is 31.9 Å². The van der Waals surface area contributed by atoms with Crippen LogP contribution in [0.5, 0.6) is 11.5 Å². The summed E-state index contributed by atoms with van der Waals surface area (Å²) in [6.45, 7) is 1.86. The van der Waals surface area contributed by atoms with E-state index in [2.05, 4.69) is 5.32 Å². The molecule has 2 rings (SSSR count). The van der Waals surface area contributed by atoms with E-state index in [1.807, 2.05) is 0 Å². The van der Waals surface area contributed by atoms with Crippen LogP contribution in [0.3, 0.4) is 0 Å². The first-order chi connectivity index (χ1) is 10.2. The van der Waals surface area contributed by atoms with Crippen molar-refractivity contribution in [1.29, 1.82) is 0 Å². The molecule has 3 N–H and O–H groups in total. The maximum absolute atomic E-state index is 12.0. The number of benzene rings is 1. The SMILES string of the molecule is COCCCC(N)C(=O)Nc1ccc2c(c1)OCCCO2. The van der Waals surface area contributed by atoms with E-state index in [0.29, 0.717) is 43.4 Å². The van der Waals surface area contributed by atoms with Gasteiger partial charge in [-0.05, 0) is 25.0 Å². The van der Waals surface area contributed by atoms with E-state index in [-0.39, 0.29) is 5.91 Å². The highest BCUT2D eigenvalue weighted by Gasteiger charge is 2.15. The fraction of sp³-hybridized carbons (Fsp3) is 0.533. The summed E-state index contributed by atoms with van der Waals surface area (Å²) in [7, 11) is 1.63. The molecule has 1 aliphatic rings. The summed E-state index contributed by atoms with van der Waals surface area (Å²) in [5.74, 6) is 1.15. The number of nitrogens with one attached hydrogen (secondary N) is 1. The number of rotatable bonds is 6. The molecule has 1 amide bonds. The molecule has 0 aliphatic carbocycles. The first kappa shape index (κ1) is 15.6. The number of amides is 1. The molecule has 0 radical (unpaired) electrons. The number of methoxy groups -OCH3 is 1. The topological polar surface area (TPSA) is 82.8 Å². The predicted octanol–water partition coefficient (Wildman–Crippen LogP) is 1.54. The molecule has 0 fully saturated rings. The van der Waals surface area contributed by atoms with Crippen LogP contribution in [0.2, 0.25) is 0 Å². The third-order valence-corrected chi connectivity index (χ3v) is 3.22. The molecule has 0 aromatic heterocycles. The van der Waals surface area contributed by atoms with E-state index < -0.39 is 6.04 Å². The maximum atomic E-state index is 12.0. The number of carbonyl (C=O) groups is 1. The van der Waals surface area contributed by atoms with Gasteiger partial charge < -0.3 is 25.3 Å². The number of hydrogen-bond donors (Lipinski definition) is 2. The van der Waals surface area contributed by atoms with E-state index in [1.54, 1.807) is 25.3 Å². The minimum Gasteiger partial charge on any atom is -0.490 e. The highest BCUT2D eigenvalue weighted by atomic mass is 16.5. The summed E-state index contributed by atoms with van der Waals surface area (Å²) in [5.41, 5.74) is 6.50. The fourth-order valence-electron chi connectivity index (χ4n) is 2.05. The molecule has 0 spiro atoms. The van der Waals surface area contributed by atoms with Gasteiger partial charge in [0.1, 0.15) is 0 Å². The first-order valence-corrected chi connectivity index (χ1v) is 7.15. The molecule has 1 heterocycles. The number of nitrogens with two attached hydrogens (primary N) is 1. The summed E-state index contributed by atoms with van der Waals surface area (Å²) in [5, 5.41) is 2.80. The van der Waals surface area contributed by atoms with Crippen molar-refractivity contribution >= 4 is 11.6 Å². The lowest BCUT2D eigenvalue weighted by atomic mass is 10.1. The molecule has 1 aromatic rings. The van der Waals surface area contributed by atoms with Crippen LogP contribution in [0.1, 0.15) is 19.3 Å². The fourth-order valence-corrected chi connectivity index (χ4v) is 2.05. The third-order valence-electron chi connectivity index (χ3n) is 3.22. The minimum absolute atomic E-state index is 0.208. The van der Waals surface area contributed by atoms with Crippen LogP contribution < -0.4 is 20.5 Å². The average molecular weight is 294 g/mol. The highest BCUT2D eigenvalue weighted by molar-refractivity contribution is 5.94. The molecule has 0 bridgehead atoms. The van der Waals surface area contributed by atoms with Gasteiger partial charge in [0.25, 0.3) is 0 Å². The lowest BCUT2D eigenvalue weighted by molar-refractivity contribution is -0.117. The van der Waals surface area contributed by atoms with Crippen molar-refractivity contribution in [3.63, 3.8) is 0 Å². The molecule has 116 valence electrons. The Morgan fingerprint density at radius 1 is 1.38 bits per heavy atom. The van der Waals surface area contributed by atoms with Gasteiger partial charge in [0.15, 0.2) is 11.5 Å². The van der Waals surface area contributed by atoms with Gasteiger partial charge >= 0.3 is 0 Å². The maximum Gasteiger partial charge on any atom is 0.241 e. The molecule has 6 heteroatoms. The van der Waals surface area contributed by atoms with Gasteiger partial charge in [-0.15, -0.1) is 0 Å². The number of fused-ring (bicyclic) bond motifs is 1. The molecule has 21 heavy (non-hydrogen) atoms. The van der Waals surface area contributed by atoms with Gasteiger partial charge in [-0.1, -0.05) is 0 Å². The Morgan fingerprint density at radius 2 is 2.14 bits per heavy atom. The van der Waals surface area contributed by atoms with E-state index in [0.717, 1.165) is 12.8 Å². The molecule has 6 nitrogen and oxygen atoms in total. The quantitative estimate of drug-likeness (QED) is 0.778. The van der Waals surface area contributed by atoms with Crippen LogP contribution >= 0.6 is 0 Å². The Hall–Kier alpha value is -1.79. The Labute approximate surface area is 124 Å². The molecular formula is C15H22N2O4. The van der Waals surface area contributed by atoms with Crippen molar-refractivity contribution in [2.75, 3.05) is 32.2 Å². The number of ether oxygens (including phenoxy) is 3. The smallest absolute Gasteiger partial charge is 0.241 e. The van der Waals surface area contributed by atoms with Crippen molar-refractivity contribution in [2.45, 2.75) is 25.3 Å².